The minimum absolute atomic E-state index is 0.0661. The number of nitro benzene ring substituents is 1. The zero-order valence-electron chi connectivity index (χ0n) is 10.4. The van der Waals surface area contributed by atoms with Crippen molar-refractivity contribution in [2.75, 3.05) is 0 Å². The van der Waals surface area contributed by atoms with Gasteiger partial charge in [-0.15, -0.1) is 0 Å². The maximum absolute atomic E-state index is 11.9. The molecule has 0 unspecified atom stereocenters. The minimum Gasteiger partial charge on any atom is -0.334 e. The molecule has 0 saturated heterocycles. The molecule has 0 atom stereocenters. The molecule has 1 aromatic carbocycles. The Balaban J connectivity index is 3.02. The van der Waals surface area contributed by atoms with Gasteiger partial charge < -0.3 is 5.32 Å². The molecule has 0 heterocycles. The van der Waals surface area contributed by atoms with Gasteiger partial charge in [0.05, 0.1) is 11.0 Å². The number of nitrogens with zero attached hydrogens (tertiary/aromatic N) is 2. The summed E-state index contributed by atoms with van der Waals surface area (Å²) >= 11 is 0. The third-order valence-corrected chi connectivity index (χ3v) is 2.37. The fourth-order valence-corrected chi connectivity index (χ4v) is 1.40. The summed E-state index contributed by atoms with van der Waals surface area (Å²) in [6.07, 6.45) is 0. The molecule has 0 fully saturated rings. The Kier molecular flexibility index (Phi) is 3.67. The molecule has 6 nitrogen and oxygen atoms in total. The van der Waals surface area contributed by atoms with Gasteiger partial charge >= 0.3 is 0 Å². The Bertz CT molecular complexity index is 544. The SMILES string of the molecule is Cc1cc([N+](=O)[O-])ccc1C(=O)NC(C)(C)C#N. The van der Waals surface area contributed by atoms with Crippen LogP contribution in [0.2, 0.25) is 0 Å². The van der Waals surface area contributed by atoms with Gasteiger partial charge in [-0.3, -0.25) is 14.9 Å². The van der Waals surface area contributed by atoms with Gasteiger partial charge in [-0.1, -0.05) is 0 Å². The number of nitro groups is 1. The summed E-state index contributed by atoms with van der Waals surface area (Å²) in [5.74, 6) is -0.422. The van der Waals surface area contributed by atoms with Crippen LogP contribution in [0.1, 0.15) is 29.8 Å². The first-order valence-corrected chi connectivity index (χ1v) is 5.25. The summed E-state index contributed by atoms with van der Waals surface area (Å²) < 4.78 is 0. The molecule has 94 valence electrons. The van der Waals surface area contributed by atoms with Crippen molar-refractivity contribution in [1.82, 2.24) is 5.32 Å². The van der Waals surface area contributed by atoms with Crippen LogP contribution in [0.25, 0.3) is 0 Å². The second-order valence-corrected chi connectivity index (χ2v) is 4.45. The van der Waals surface area contributed by atoms with Gasteiger partial charge in [0.1, 0.15) is 5.54 Å². The summed E-state index contributed by atoms with van der Waals surface area (Å²) in [4.78, 5) is 21.9. The van der Waals surface area contributed by atoms with Crippen molar-refractivity contribution in [2.24, 2.45) is 0 Å². The summed E-state index contributed by atoms with van der Waals surface area (Å²) in [6, 6.07) is 5.93. The Morgan fingerprint density at radius 3 is 2.56 bits per heavy atom. The molecule has 0 saturated carbocycles. The lowest BCUT2D eigenvalue weighted by molar-refractivity contribution is -0.384. The van der Waals surface area contributed by atoms with Crippen molar-refractivity contribution in [3.05, 3.63) is 39.4 Å². The first-order chi connectivity index (χ1) is 8.26. The third kappa shape index (κ3) is 3.04. The molecule has 1 rings (SSSR count). The van der Waals surface area contributed by atoms with E-state index >= 15 is 0 Å². The van der Waals surface area contributed by atoms with E-state index in [2.05, 4.69) is 5.32 Å². The van der Waals surface area contributed by atoms with E-state index in [4.69, 9.17) is 5.26 Å². The summed E-state index contributed by atoms with van der Waals surface area (Å²) in [6.45, 7) is 4.76. The number of amides is 1. The maximum Gasteiger partial charge on any atom is 0.269 e. The van der Waals surface area contributed by atoms with Crippen molar-refractivity contribution in [1.29, 1.82) is 5.26 Å². The molecule has 0 aliphatic carbocycles. The van der Waals surface area contributed by atoms with Crippen LogP contribution in [0.4, 0.5) is 5.69 Å². The molecule has 0 spiro atoms. The van der Waals surface area contributed by atoms with Crippen LogP contribution in [-0.2, 0) is 0 Å². The van der Waals surface area contributed by atoms with Crippen LogP contribution in [0.15, 0.2) is 18.2 Å². The highest BCUT2D eigenvalue weighted by molar-refractivity contribution is 5.96. The number of benzene rings is 1. The smallest absolute Gasteiger partial charge is 0.269 e. The first-order valence-electron chi connectivity index (χ1n) is 5.25. The number of nitriles is 1. The monoisotopic (exact) mass is 247 g/mol. The van der Waals surface area contributed by atoms with Gasteiger partial charge in [0.2, 0.25) is 0 Å². The number of non-ortho nitro benzene ring substituents is 1. The number of aryl methyl sites for hydroxylation is 1. The molecule has 18 heavy (non-hydrogen) atoms. The second kappa shape index (κ2) is 4.84. The number of nitrogens with one attached hydrogen (secondary N) is 1. The Labute approximate surface area is 104 Å². The topological polar surface area (TPSA) is 96.0 Å². The third-order valence-electron chi connectivity index (χ3n) is 2.37. The molecule has 0 aliphatic heterocycles. The normalized spacial score (nSPS) is 10.6. The highest BCUT2D eigenvalue weighted by atomic mass is 16.6. The van der Waals surface area contributed by atoms with Crippen LogP contribution in [0, 0.1) is 28.4 Å². The van der Waals surface area contributed by atoms with Crippen LogP contribution in [-0.4, -0.2) is 16.4 Å². The number of carbonyl (C=O) groups excluding carboxylic acids is 1. The molecular formula is C12H13N3O3. The summed E-state index contributed by atoms with van der Waals surface area (Å²) in [5.41, 5.74) is -0.228. The summed E-state index contributed by atoms with van der Waals surface area (Å²) in [7, 11) is 0. The number of carbonyl (C=O) groups is 1. The molecule has 1 amide bonds. The van der Waals surface area contributed by atoms with E-state index < -0.39 is 16.4 Å². The maximum atomic E-state index is 11.9. The van der Waals surface area contributed by atoms with Crippen LogP contribution >= 0.6 is 0 Å². The predicted molar refractivity (Wildman–Crippen MR) is 65.0 cm³/mol. The molecular weight excluding hydrogens is 234 g/mol. The van der Waals surface area contributed by atoms with Crippen molar-refractivity contribution in [3.8, 4) is 6.07 Å². The average molecular weight is 247 g/mol. The van der Waals surface area contributed by atoms with Crippen molar-refractivity contribution in [2.45, 2.75) is 26.3 Å². The van der Waals surface area contributed by atoms with Gasteiger partial charge in [0, 0.05) is 17.7 Å². The predicted octanol–water partition coefficient (Wildman–Crippen LogP) is 1.94. The first kappa shape index (κ1) is 13.6. The standard InChI is InChI=1S/C12H13N3O3/c1-8-6-9(15(17)18)4-5-10(8)11(16)14-12(2,3)7-13/h4-6H,1-3H3,(H,14,16). The van der Waals surface area contributed by atoms with E-state index in [1.165, 1.54) is 18.2 Å². The van der Waals surface area contributed by atoms with Crippen molar-refractivity contribution >= 4 is 11.6 Å². The fraction of sp³-hybridized carbons (Fsp3) is 0.333. The van der Waals surface area contributed by atoms with Gasteiger partial charge in [-0.25, -0.2) is 0 Å². The number of hydrogen-bond acceptors (Lipinski definition) is 4. The fourth-order valence-electron chi connectivity index (χ4n) is 1.40. The van der Waals surface area contributed by atoms with Gasteiger partial charge in [-0.05, 0) is 32.4 Å². The average Bonchev–Trinajstić information content (AvgIpc) is 2.28. The van der Waals surface area contributed by atoms with Crippen molar-refractivity contribution < 1.29 is 9.72 Å². The Morgan fingerprint density at radius 2 is 2.11 bits per heavy atom. The van der Waals surface area contributed by atoms with Crippen LogP contribution in [0.5, 0.6) is 0 Å². The number of rotatable bonds is 3. The summed E-state index contributed by atoms with van der Waals surface area (Å²) in [5, 5.41) is 21.9. The van der Waals surface area contributed by atoms with Gasteiger partial charge in [0.25, 0.3) is 11.6 Å². The molecule has 0 aromatic heterocycles. The Morgan fingerprint density at radius 1 is 1.50 bits per heavy atom. The second-order valence-electron chi connectivity index (χ2n) is 4.45. The molecule has 0 bridgehead atoms. The van der Waals surface area contributed by atoms with E-state index in [1.807, 2.05) is 6.07 Å². The zero-order chi connectivity index (χ0) is 13.9. The van der Waals surface area contributed by atoms with Crippen LogP contribution in [0.3, 0.4) is 0 Å². The molecule has 0 radical (unpaired) electrons. The Hall–Kier alpha value is -2.42. The number of hydrogen-bond donors (Lipinski definition) is 1. The van der Waals surface area contributed by atoms with E-state index in [1.54, 1.807) is 20.8 Å². The van der Waals surface area contributed by atoms with E-state index in [0.29, 0.717) is 11.1 Å². The minimum atomic E-state index is -0.981. The van der Waals surface area contributed by atoms with Crippen LogP contribution < -0.4 is 5.32 Å². The zero-order valence-corrected chi connectivity index (χ0v) is 10.4. The lowest BCUT2D eigenvalue weighted by atomic mass is 10.0. The molecule has 1 aromatic rings. The van der Waals surface area contributed by atoms with E-state index in [0.717, 1.165) is 0 Å². The lowest BCUT2D eigenvalue weighted by Gasteiger charge is -2.18. The van der Waals surface area contributed by atoms with E-state index in [9.17, 15) is 14.9 Å². The van der Waals surface area contributed by atoms with Crippen molar-refractivity contribution in [3.63, 3.8) is 0 Å². The highest BCUT2D eigenvalue weighted by Gasteiger charge is 2.22. The van der Waals surface area contributed by atoms with E-state index in [-0.39, 0.29) is 5.69 Å². The highest BCUT2D eigenvalue weighted by Crippen LogP contribution is 2.17. The quantitative estimate of drug-likeness (QED) is 0.652. The largest absolute Gasteiger partial charge is 0.334 e. The molecule has 1 N–H and O–H groups in total. The molecule has 6 heteroatoms. The van der Waals surface area contributed by atoms with Gasteiger partial charge in [-0.2, -0.15) is 5.26 Å². The van der Waals surface area contributed by atoms with Gasteiger partial charge in [0.15, 0.2) is 0 Å². The lowest BCUT2D eigenvalue weighted by Crippen LogP contribution is -2.42. The molecule has 0 aliphatic rings.